The van der Waals surface area contributed by atoms with Crippen molar-refractivity contribution in [1.82, 2.24) is 4.90 Å². The van der Waals surface area contributed by atoms with Crippen LogP contribution in [0.15, 0.2) is 48.5 Å². The molecule has 1 heterocycles. The van der Waals surface area contributed by atoms with E-state index in [1.165, 1.54) is 31.4 Å². The number of para-hydroxylation sites is 1. The normalized spacial score (nSPS) is 17.7. The lowest BCUT2D eigenvalue weighted by atomic mass is 9.96. The minimum Gasteiger partial charge on any atom is -0.497 e. The number of amides is 1. The SMILES string of the molecule is COc1ccc(C(=O)Nc2ccccc2CC[C@@H]2CCCCN2C)cc1. The van der Waals surface area contributed by atoms with Crippen LogP contribution in [-0.2, 0) is 6.42 Å². The molecule has 1 aliphatic rings. The number of carbonyl (C=O) groups excluding carboxylic acids is 1. The topological polar surface area (TPSA) is 41.6 Å². The van der Waals surface area contributed by atoms with E-state index < -0.39 is 0 Å². The Bertz CT molecular complexity index is 727. The molecule has 0 spiro atoms. The summed E-state index contributed by atoms with van der Waals surface area (Å²) >= 11 is 0. The van der Waals surface area contributed by atoms with Crippen molar-refractivity contribution in [2.24, 2.45) is 0 Å². The van der Waals surface area contributed by atoms with Gasteiger partial charge in [-0.25, -0.2) is 0 Å². The predicted octanol–water partition coefficient (Wildman–Crippen LogP) is 4.36. The van der Waals surface area contributed by atoms with E-state index in [-0.39, 0.29) is 5.91 Å². The molecule has 1 amide bonds. The number of rotatable bonds is 6. The van der Waals surface area contributed by atoms with Gasteiger partial charge in [-0.1, -0.05) is 24.6 Å². The number of hydrogen-bond acceptors (Lipinski definition) is 3. The predicted molar refractivity (Wildman–Crippen MR) is 106 cm³/mol. The molecule has 4 nitrogen and oxygen atoms in total. The highest BCUT2D eigenvalue weighted by atomic mass is 16.5. The van der Waals surface area contributed by atoms with Gasteiger partial charge in [0, 0.05) is 17.3 Å². The summed E-state index contributed by atoms with van der Waals surface area (Å²) < 4.78 is 5.15. The molecular weight excluding hydrogens is 324 g/mol. The highest BCUT2D eigenvalue weighted by molar-refractivity contribution is 6.04. The van der Waals surface area contributed by atoms with Crippen molar-refractivity contribution < 1.29 is 9.53 Å². The average Bonchev–Trinajstić information content (AvgIpc) is 2.68. The number of piperidine rings is 1. The number of hydrogen-bond donors (Lipinski definition) is 1. The summed E-state index contributed by atoms with van der Waals surface area (Å²) in [7, 11) is 3.84. The van der Waals surface area contributed by atoms with Crippen LogP contribution in [0.5, 0.6) is 5.75 Å². The Labute approximate surface area is 156 Å². The Balaban J connectivity index is 1.65. The molecule has 3 rings (SSSR count). The maximum Gasteiger partial charge on any atom is 0.255 e. The second-order valence-corrected chi connectivity index (χ2v) is 7.01. The Kier molecular flexibility index (Phi) is 6.29. The zero-order valence-electron chi connectivity index (χ0n) is 15.7. The third-order valence-electron chi connectivity index (χ3n) is 5.29. The van der Waals surface area contributed by atoms with E-state index in [0.29, 0.717) is 11.6 Å². The summed E-state index contributed by atoms with van der Waals surface area (Å²) in [6.07, 6.45) is 6.02. The van der Waals surface area contributed by atoms with Crippen LogP contribution < -0.4 is 10.1 Å². The van der Waals surface area contributed by atoms with E-state index >= 15 is 0 Å². The highest BCUT2D eigenvalue weighted by Gasteiger charge is 2.19. The summed E-state index contributed by atoms with van der Waals surface area (Å²) in [6.45, 7) is 1.19. The number of likely N-dealkylation sites (tertiary alicyclic amines) is 1. The van der Waals surface area contributed by atoms with Crippen molar-refractivity contribution in [3.8, 4) is 5.75 Å². The van der Waals surface area contributed by atoms with Crippen molar-refractivity contribution >= 4 is 11.6 Å². The molecule has 2 aromatic carbocycles. The van der Waals surface area contributed by atoms with Gasteiger partial charge >= 0.3 is 0 Å². The number of ether oxygens (including phenoxy) is 1. The number of nitrogens with one attached hydrogen (secondary N) is 1. The zero-order valence-corrected chi connectivity index (χ0v) is 15.7. The van der Waals surface area contributed by atoms with E-state index in [2.05, 4.69) is 23.3 Å². The molecule has 0 bridgehead atoms. The quantitative estimate of drug-likeness (QED) is 0.840. The Morgan fingerprint density at radius 1 is 1.15 bits per heavy atom. The standard InChI is InChI=1S/C22H28N2O2/c1-24-16-6-5-8-19(24)13-10-17-7-3-4-9-21(17)23-22(25)18-11-14-20(26-2)15-12-18/h3-4,7,9,11-12,14-15,19H,5-6,8,10,13,16H2,1-2H3,(H,23,25)/t19-/m0/s1. The molecule has 138 valence electrons. The summed E-state index contributed by atoms with van der Waals surface area (Å²) in [6, 6.07) is 16.0. The Morgan fingerprint density at radius 2 is 1.92 bits per heavy atom. The third-order valence-corrected chi connectivity index (χ3v) is 5.29. The van der Waals surface area contributed by atoms with E-state index in [4.69, 9.17) is 4.74 Å². The molecule has 4 heteroatoms. The van der Waals surface area contributed by atoms with Crippen molar-refractivity contribution in [2.75, 3.05) is 26.0 Å². The molecule has 0 aliphatic carbocycles. The van der Waals surface area contributed by atoms with Gasteiger partial charge in [-0.05, 0) is 75.2 Å². The molecule has 0 unspecified atom stereocenters. The largest absolute Gasteiger partial charge is 0.497 e. The molecule has 0 aromatic heterocycles. The summed E-state index contributed by atoms with van der Waals surface area (Å²) in [5, 5.41) is 3.07. The van der Waals surface area contributed by atoms with Crippen LogP contribution in [0.3, 0.4) is 0 Å². The van der Waals surface area contributed by atoms with Crippen LogP contribution in [-0.4, -0.2) is 37.6 Å². The van der Waals surface area contributed by atoms with Gasteiger partial charge in [0.25, 0.3) is 5.91 Å². The molecule has 1 N–H and O–H groups in total. The van der Waals surface area contributed by atoms with Gasteiger partial charge in [-0.3, -0.25) is 4.79 Å². The monoisotopic (exact) mass is 352 g/mol. The van der Waals surface area contributed by atoms with Gasteiger partial charge in [0.1, 0.15) is 5.75 Å². The molecule has 0 saturated carbocycles. The van der Waals surface area contributed by atoms with Crippen LogP contribution in [0.25, 0.3) is 0 Å². The molecule has 1 saturated heterocycles. The number of anilines is 1. The fourth-order valence-electron chi connectivity index (χ4n) is 3.63. The molecule has 1 aliphatic heterocycles. The smallest absolute Gasteiger partial charge is 0.255 e. The van der Waals surface area contributed by atoms with Gasteiger partial charge in [-0.2, -0.15) is 0 Å². The third kappa shape index (κ3) is 4.64. The number of aryl methyl sites for hydroxylation is 1. The minimum absolute atomic E-state index is 0.0881. The van der Waals surface area contributed by atoms with Gasteiger partial charge in [0.15, 0.2) is 0 Å². The van der Waals surface area contributed by atoms with Crippen LogP contribution in [0.2, 0.25) is 0 Å². The molecular formula is C22H28N2O2. The van der Waals surface area contributed by atoms with E-state index in [1.54, 1.807) is 31.4 Å². The second kappa shape index (κ2) is 8.86. The second-order valence-electron chi connectivity index (χ2n) is 7.01. The first-order chi connectivity index (χ1) is 12.7. The van der Waals surface area contributed by atoms with Crippen molar-refractivity contribution in [1.29, 1.82) is 0 Å². The minimum atomic E-state index is -0.0881. The van der Waals surface area contributed by atoms with Gasteiger partial charge in [-0.15, -0.1) is 0 Å². The fourth-order valence-corrected chi connectivity index (χ4v) is 3.63. The highest BCUT2D eigenvalue weighted by Crippen LogP contribution is 2.23. The zero-order chi connectivity index (χ0) is 18.4. The first kappa shape index (κ1) is 18.5. The van der Waals surface area contributed by atoms with E-state index in [0.717, 1.165) is 24.3 Å². The Morgan fingerprint density at radius 3 is 2.65 bits per heavy atom. The summed E-state index contributed by atoms with van der Waals surface area (Å²) in [5.74, 6) is 0.661. The lowest BCUT2D eigenvalue weighted by Crippen LogP contribution is -2.36. The molecule has 26 heavy (non-hydrogen) atoms. The van der Waals surface area contributed by atoms with Crippen LogP contribution in [0.4, 0.5) is 5.69 Å². The van der Waals surface area contributed by atoms with E-state index in [1.807, 2.05) is 18.2 Å². The first-order valence-electron chi connectivity index (χ1n) is 9.41. The molecule has 2 aromatic rings. The van der Waals surface area contributed by atoms with Crippen LogP contribution in [0.1, 0.15) is 41.6 Å². The number of methoxy groups -OCH3 is 1. The van der Waals surface area contributed by atoms with Crippen molar-refractivity contribution in [3.05, 3.63) is 59.7 Å². The number of nitrogens with zero attached hydrogens (tertiary/aromatic N) is 1. The van der Waals surface area contributed by atoms with Gasteiger partial charge in [0.05, 0.1) is 7.11 Å². The summed E-state index contributed by atoms with van der Waals surface area (Å²) in [4.78, 5) is 15.0. The summed E-state index contributed by atoms with van der Waals surface area (Å²) in [5.41, 5.74) is 2.74. The van der Waals surface area contributed by atoms with Gasteiger partial charge < -0.3 is 15.0 Å². The van der Waals surface area contributed by atoms with Gasteiger partial charge in [0.2, 0.25) is 0 Å². The average molecular weight is 352 g/mol. The first-order valence-corrected chi connectivity index (χ1v) is 9.41. The molecule has 1 atom stereocenters. The lowest BCUT2D eigenvalue weighted by molar-refractivity contribution is 0.102. The van der Waals surface area contributed by atoms with Crippen LogP contribution in [0, 0.1) is 0 Å². The maximum atomic E-state index is 12.6. The maximum absolute atomic E-state index is 12.6. The number of carbonyl (C=O) groups is 1. The fraction of sp³-hybridized carbons (Fsp3) is 0.409. The molecule has 0 radical (unpaired) electrons. The molecule has 1 fully saturated rings. The lowest BCUT2D eigenvalue weighted by Gasteiger charge is -2.32. The van der Waals surface area contributed by atoms with Crippen LogP contribution >= 0.6 is 0 Å². The van der Waals surface area contributed by atoms with Crippen molar-refractivity contribution in [2.45, 2.75) is 38.1 Å². The van der Waals surface area contributed by atoms with Crippen molar-refractivity contribution in [3.63, 3.8) is 0 Å². The van der Waals surface area contributed by atoms with E-state index in [9.17, 15) is 4.79 Å². The number of benzene rings is 2. The Hall–Kier alpha value is -2.33.